The number of aromatic nitrogens is 2. The van der Waals surface area contributed by atoms with Crippen LogP contribution in [0.5, 0.6) is 0 Å². The van der Waals surface area contributed by atoms with Crippen LogP contribution < -0.4 is 11.1 Å². The first-order valence-corrected chi connectivity index (χ1v) is 9.69. The van der Waals surface area contributed by atoms with Gasteiger partial charge in [-0.15, -0.1) is 0 Å². The Morgan fingerprint density at radius 3 is 2.63 bits per heavy atom. The van der Waals surface area contributed by atoms with Gasteiger partial charge in [0.2, 0.25) is 0 Å². The molecule has 2 heterocycles. The van der Waals surface area contributed by atoms with Gasteiger partial charge >= 0.3 is 0 Å². The van der Waals surface area contributed by atoms with E-state index in [2.05, 4.69) is 46.3 Å². The van der Waals surface area contributed by atoms with E-state index in [1.807, 2.05) is 13.0 Å². The SMILES string of the molecule is CCc1nc(C(N)=O)c(Nc2ccc(C3CCN(C)CC3)c(C)c2)nc1Cl. The van der Waals surface area contributed by atoms with E-state index in [1.54, 1.807) is 0 Å². The number of anilines is 2. The molecule has 1 aromatic heterocycles. The maximum absolute atomic E-state index is 11.8. The van der Waals surface area contributed by atoms with Gasteiger partial charge in [-0.3, -0.25) is 4.79 Å². The van der Waals surface area contributed by atoms with E-state index >= 15 is 0 Å². The molecule has 2 aromatic rings. The van der Waals surface area contributed by atoms with Crippen LogP contribution in [-0.4, -0.2) is 40.9 Å². The number of nitrogens with two attached hydrogens (primary N) is 1. The number of piperidine rings is 1. The summed E-state index contributed by atoms with van der Waals surface area (Å²) in [5.74, 6) is 0.252. The topological polar surface area (TPSA) is 84.1 Å². The van der Waals surface area contributed by atoms with Crippen LogP contribution in [0.2, 0.25) is 5.15 Å². The molecule has 0 radical (unpaired) electrons. The highest BCUT2D eigenvalue weighted by Gasteiger charge is 2.20. The van der Waals surface area contributed by atoms with Crippen molar-refractivity contribution in [1.29, 1.82) is 0 Å². The molecule has 0 unspecified atom stereocenters. The van der Waals surface area contributed by atoms with Gasteiger partial charge in [-0.25, -0.2) is 9.97 Å². The third-order valence-electron chi connectivity index (χ3n) is 5.18. The second kappa shape index (κ2) is 8.23. The largest absolute Gasteiger partial charge is 0.364 e. The van der Waals surface area contributed by atoms with Gasteiger partial charge in [-0.05, 0) is 75.5 Å². The Morgan fingerprint density at radius 2 is 2.04 bits per heavy atom. The van der Waals surface area contributed by atoms with Gasteiger partial charge in [-0.2, -0.15) is 0 Å². The monoisotopic (exact) mass is 387 g/mol. The second-order valence-corrected chi connectivity index (χ2v) is 7.51. The molecular formula is C20H26ClN5O. The number of hydrogen-bond acceptors (Lipinski definition) is 5. The number of primary amides is 1. The first-order valence-electron chi connectivity index (χ1n) is 9.31. The number of amides is 1. The molecule has 1 saturated heterocycles. The number of halogens is 1. The quantitative estimate of drug-likeness (QED) is 0.817. The lowest BCUT2D eigenvalue weighted by molar-refractivity contribution is 0.0996. The van der Waals surface area contributed by atoms with Crippen molar-refractivity contribution in [3.63, 3.8) is 0 Å². The van der Waals surface area contributed by atoms with Gasteiger partial charge in [0.25, 0.3) is 5.91 Å². The molecule has 3 N–H and O–H groups in total. The van der Waals surface area contributed by atoms with Crippen molar-refractivity contribution in [3.8, 4) is 0 Å². The third kappa shape index (κ3) is 4.39. The molecule has 0 bridgehead atoms. The van der Waals surface area contributed by atoms with Crippen molar-refractivity contribution in [1.82, 2.24) is 14.9 Å². The zero-order valence-corrected chi connectivity index (χ0v) is 16.8. The minimum atomic E-state index is -0.629. The van der Waals surface area contributed by atoms with Gasteiger partial charge in [0, 0.05) is 5.69 Å². The summed E-state index contributed by atoms with van der Waals surface area (Å²) >= 11 is 6.17. The molecule has 0 atom stereocenters. The van der Waals surface area contributed by atoms with Crippen LogP contribution in [0.1, 0.15) is 53.0 Å². The molecule has 7 heteroatoms. The maximum Gasteiger partial charge on any atom is 0.271 e. The molecule has 0 aliphatic carbocycles. The van der Waals surface area contributed by atoms with Crippen LogP contribution in [-0.2, 0) is 6.42 Å². The smallest absolute Gasteiger partial charge is 0.271 e. The summed E-state index contributed by atoms with van der Waals surface area (Å²) in [7, 11) is 2.17. The molecule has 3 rings (SSSR count). The molecule has 1 aromatic carbocycles. The summed E-state index contributed by atoms with van der Waals surface area (Å²) in [6.45, 7) is 6.28. The van der Waals surface area contributed by atoms with Crippen molar-refractivity contribution >= 4 is 29.0 Å². The zero-order valence-electron chi connectivity index (χ0n) is 16.1. The van der Waals surface area contributed by atoms with E-state index in [9.17, 15) is 4.79 Å². The summed E-state index contributed by atoms with van der Waals surface area (Å²) < 4.78 is 0. The summed E-state index contributed by atoms with van der Waals surface area (Å²) in [6.07, 6.45) is 2.93. The van der Waals surface area contributed by atoms with Crippen molar-refractivity contribution in [2.45, 2.75) is 39.0 Å². The Bertz CT molecular complexity index is 847. The fourth-order valence-electron chi connectivity index (χ4n) is 3.60. The van der Waals surface area contributed by atoms with E-state index in [0.717, 1.165) is 18.8 Å². The van der Waals surface area contributed by atoms with Gasteiger partial charge in [-0.1, -0.05) is 24.6 Å². The predicted molar refractivity (Wildman–Crippen MR) is 109 cm³/mol. The van der Waals surface area contributed by atoms with Gasteiger partial charge < -0.3 is 16.0 Å². The van der Waals surface area contributed by atoms with Gasteiger partial charge in [0.1, 0.15) is 0 Å². The Kier molecular flexibility index (Phi) is 5.97. The second-order valence-electron chi connectivity index (χ2n) is 7.15. The summed E-state index contributed by atoms with van der Waals surface area (Å²) in [5.41, 5.74) is 9.58. The lowest BCUT2D eigenvalue weighted by Gasteiger charge is -2.30. The van der Waals surface area contributed by atoms with E-state index in [4.69, 9.17) is 17.3 Å². The highest BCUT2D eigenvalue weighted by molar-refractivity contribution is 6.30. The first kappa shape index (κ1) is 19.6. The highest BCUT2D eigenvalue weighted by atomic mass is 35.5. The number of benzene rings is 1. The minimum Gasteiger partial charge on any atom is -0.364 e. The lowest BCUT2D eigenvalue weighted by Crippen LogP contribution is -2.29. The number of rotatable bonds is 5. The van der Waals surface area contributed by atoms with E-state index < -0.39 is 5.91 Å². The maximum atomic E-state index is 11.8. The van der Waals surface area contributed by atoms with Crippen molar-refractivity contribution in [2.24, 2.45) is 5.73 Å². The molecular weight excluding hydrogens is 362 g/mol. The third-order valence-corrected chi connectivity index (χ3v) is 5.48. The Morgan fingerprint density at radius 1 is 1.33 bits per heavy atom. The van der Waals surface area contributed by atoms with Crippen LogP contribution in [0.25, 0.3) is 0 Å². The van der Waals surface area contributed by atoms with E-state index in [-0.39, 0.29) is 16.7 Å². The molecule has 1 fully saturated rings. The van der Waals surface area contributed by atoms with Crippen molar-refractivity contribution in [2.75, 3.05) is 25.5 Å². The molecule has 27 heavy (non-hydrogen) atoms. The number of likely N-dealkylation sites (tertiary alicyclic amines) is 1. The predicted octanol–water partition coefficient (Wildman–Crippen LogP) is 3.65. The number of carbonyl (C=O) groups is 1. The van der Waals surface area contributed by atoms with Gasteiger partial charge in [0.15, 0.2) is 16.7 Å². The molecule has 144 valence electrons. The van der Waals surface area contributed by atoms with E-state index in [0.29, 0.717) is 18.0 Å². The fraction of sp³-hybridized carbons (Fsp3) is 0.450. The molecule has 1 amide bonds. The number of nitrogens with zero attached hydrogens (tertiary/aromatic N) is 3. The average Bonchev–Trinajstić information content (AvgIpc) is 2.63. The molecule has 6 nitrogen and oxygen atoms in total. The summed E-state index contributed by atoms with van der Waals surface area (Å²) in [5, 5.41) is 3.44. The molecule has 0 spiro atoms. The minimum absolute atomic E-state index is 0.105. The molecule has 0 saturated carbocycles. The lowest BCUT2D eigenvalue weighted by atomic mass is 9.87. The Labute approximate surface area is 165 Å². The standard InChI is InChI=1S/C20H26ClN5O/c1-4-16-18(21)25-20(17(24-16)19(22)27)23-14-5-6-15(12(2)11-14)13-7-9-26(3)10-8-13/h5-6,11,13H,4,7-10H2,1-3H3,(H2,22,27)(H,23,25). The summed E-state index contributed by atoms with van der Waals surface area (Å²) in [6, 6.07) is 6.24. The highest BCUT2D eigenvalue weighted by Crippen LogP contribution is 2.32. The normalized spacial score (nSPS) is 15.7. The average molecular weight is 388 g/mol. The molecule has 1 aliphatic heterocycles. The number of hydrogen-bond donors (Lipinski definition) is 2. The van der Waals surface area contributed by atoms with Crippen LogP contribution in [0.4, 0.5) is 11.5 Å². The van der Waals surface area contributed by atoms with Crippen molar-refractivity contribution < 1.29 is 4.79 Å². The van der Waals surface area contributed by atoms with Crippen LogP contribution in [0, 0.1) is 6.92 Å². The fourth-order valence-corrected chi connectivity index (χ4v) is 3.86. The van der Waals surface area contributed by atoms with Crippen LogP contribution in [0.15, 0.2) is 18.2 Å². The Hall–Kier alpha value is -2.18. The first-order chi connectivity index (χ1) is 12.9. The number of carbonyl (C=O) groups excluding carboxylic acids is 1. The Balaban J connectivity index is 1.85. The van der Waals surface area contributed by atoms with Gasteiger partial charge in [0.05, 0.1) is 5.69 Å². The number of nitrogens with one attached hydrogen (secondary N) is 1. The van der Waals surface area contributed by atoms with Crippen LogP contribution in [0.3, 0.4) is 0 Å². The van der Waals surface area contributed by atoms with Crippen LogP contribution >= 0.6 is 11.6 Å². The zero-order chi connectivity index (χ0) is 19.6. The summed E-state index contributed by atoms with van der Waals surface area (Å²) in [4.78, 5) is 22.7. The molecule has 1 aliphatic rings. The van der Waals surface area contributed by atoms with Crippen molar-refractivity contribution in [3.05, 3.63) is 45.9 Å². The van der Waals surface area contributed by atoms with E-state index in [1.165, 1.54) is 24.0 Å². The number of aryl methyl sites for hydroxylation is 2.